The number of halogens is 1. The molecule has 2 aromatic carbocycles. The molecule has 0 spiro atoms. The molecule has 4 nitrogen and oxygen atoms in total. The van der Waals surface area contributed by atoms with Crippen LogP contribution >= 0.6 is 15.9 Å². The summed E-state index contributed by atoms with van der Waals surface area (Å²) in [7, 11) is 0. The summed E-state index contributed by atoms with van der Waals surface area (Å²) in [5.74, 6) is 1.56. The van der Waals surface area contributed by atoms with Gasteiger partial charge in [-0.1, -0.05) is 32.0 Å². The minimum atomic E-state index is -0.205. The summed E-state index contributed by atoms with van der Waals surface area (Å²) >= 11 is 3.60. The van der Waals surface area contributed by atoms with E-state index in [2.05, 4.69) is 54.0 Å². The fourth-order valence-corrected chi connectivity index (χ4v) is 3.62. The number of ether oxygens (including phenoxy) is 2. The van der Waals surface area contributed by atoms with Gasteiger partial charge in [-0.2, -0.15) is 0 Å². The van der Waals surface area contributed by atoms with Crippen molar-refractivity contribution in [3.05, 3.63) is 57.1 Å². The zero-order valence-electron chi connectivity index (χ0n) is 15.8. The zero-order chi connectivity index (χ0) is 19.3. The Labute approximate surface area is 163 Å². The number of aliphatic hydroxyl groups is 2. The van der Waals surface area contributed by atoms with Crippen molar-refractivity contribution in [2.45, 2.75) is 33.1 Å². The first kappa shape index (κ1) is 20.7. The number of benzene rings is 2. The highest BCUT2D eigenvalue weighted by Crippen LogP contribution is 2.39. The third kappa shape index (κ3) is 4.58. The summed E-state index contributed by atoms with van der Waals surface area (Å²) in [5.41, 5.74) is 4.21. The summed E-state index contributed by atoms with van der Waals surface area (Å²) in [6, 6.07) is 10.4. The SMILES string of the molecule is Cc1cc(C(C)(C)c2cc(C)c(OCCO)c(Br)c2)ccc1OCCO. The number of hydrogen-bond acceptors (Lipinski definition) is 4. The van der Waals surface area contributed by atoms with Crippen molar-refractivity contribution in [3.8, 4) is 11.5 Å². The molecule has 0 bridgehead atoms. The molecule has 0 fully saturated rings. The van der Waals surface area contributed by atoms with E-state index in [1.54, 1.807) is 0 Å². The molecule has 5 heteroatoms. The summed E-state index contributed by atoms with van der Waals surface area (Å²) in [6.07, 6.45) is 0. The first-order chi connectivity index (χ1) is 12.3. The minimum absolute atomic E-state index is 0.00465. The Morgan fingerprint density at radius 3 is 2.08 bits per heavy atom. The molecule has 0 aliphatic heterocycles. The molecule has 0 aromatic heterocycles. The summed E-state index contributed by atoms with van der Waals surface area (Å²) in [4.78, 5) is 0. The summed E-state index contributed by atoms with van der Waals surface area (Å²) < 4.78 is 12.1. The maximum atomic E-state index is 8.98. The lowest BCUT2D eigenvalue weighted by molar-refractivity contribution is 0.200. The van der Waals surface area contributed by atoms with Gasteiger partial charge in [-0.15, -0.1) is 0 Å². The Bertz CT molecular complexity index is 733. The maximum Gasteiger partial charge on any atom is 0.136 e. The molecule has 0 saturated carbocycles. The predicted octanol–water partition coefficient (Wildman–Crippen LogP) is 4.13. The van der Waals surface area contributed by atoms with E-state index in [9.17, 15) is 0 Å². The third-order valence-corrected chi connectivity index (χ3v) is 5.12. The minimum Gasteiger partial charge on any atom is -0.491 e. The van der Waals surface area contributed by atoms with E-state index < -0.39 is 0 Å². The molecule has 2 aromatic rings. The number of hydrogen-bond donors (Lipinski definition) is 2. The second kappa shape index (κ2) is 8.89. The normalized spacial score (nSPS) is 11.5. The molecule has 142 valence electrons. The van der Waals surface area contributed by atoms with Crippen molar-refractivity contribution in [1.82, 2.24) is 0 Å². The second-order valence-electron chi connectivity index (χ2n) is 6.85. The van der Waals surface area contributed by atoms with Crippen molar-refractivity contribution >= 4 is 15.9 Å². The quantitative estimate of drug-likeness (QED) is 0.670. The summed E-state index contributed by atoms with van der Waals surface area (Å²) in [6.45, 7) is 8.96. The maximum absolute atomic E-state index is 8.98. The molecular weight excluding hydrogens is 396 g/mol. The van der Waals surface area contributed by atoms with Crippen LogP contribution in [-0.4, -0.2) is 36.6 Å². The Balaban J connectivity index is 2.36. The van der Waals surface area contributed by atoms with Gasteiger partial charge in [0.15, 0.2) is 0 Å². The molecule has 0 aliphatic carbocycles. The lowest BCUT2D eigenvalue weighted by Crippen LogP contribution is -2.20. The molecule has 0 saturated heterocycles. The van der Waals surface area contributed by atoms with Crippen LogP contribution in [-0.2, 0) is 5.41 Å². The fraction of sp³-hybridized carbons (Fsp3) is 0.429. The van der Waals surface area contributed by atoms with Crippen molar-refractivity contribution in [2.24, 2.45) is 0 Å². The van der Waals surface area contributed by atoms with Gasteiger partial charge in [-0.25, -0.2) is 0 Å². The molecule has 0 atom stereocenters. The molecule has 2 N–H and O–H groups in total. The van der Waals surface area contributed by atoms with E-state index in [0.29, 0.717) is 6.61 Å². The third-order valence-electron chi connectivity index (χ3n) is 4.53. The van der Waals surface area contributed by atoms with Crippen LogP contribution in [0.3, 0.4) is 0 Å². The van der Waals surface area contributed by atoms with Crippen molar-refractivity contribution < 1.29 is 19.7 Å². The Morgan fingerprint density at radius 2 is 1.50 bits per heavy atom. The highest BCUT2D eigenvalue weighted by Gasteiger charge is 2.25. The van der Waals surface area contributed by atoms with E-state index in [4.69, 9.17) is 19.7 Å². The van der Waals surface area contributed by atoms with Gasteiger partial charge in [-0.05, 0) is 64.2 Å². The van der Waals surface area contributed by atoms with Crippen LogP contribution in [0, 0.1) is 13.8 Å². The Morgan fingerprint density at radius 1 is 0.885 bits per heavy atom. The van der Waals surface area contributed by atoms with Crippen molar-refractivity contribution in [3.63, 3.8) is 0 Å². The van der Waals surface area contributed by atoms with Gasteiger partial charge in [0.2, 0.25) is 0 Å². The van der Waals surface area contributed by atoms with Crippen LogP contribution in [0.1, 0.15) is 36.1 Å². The van der Waals surface area contributed by atoms with E-state index in [0.717, 1.165) is 27.1 Å². The van der Waals surface area contributed by atoms with E-state index in [1.807, 2.05) is 19.9 Å². The predicted molar refractivity (Wildman–Crippen MR) is 107 cm³/mol. The number of rotatable bonds is 8. The topological polar surface area (TPSA) is 58.9 Å². The second-order valence-corrected chi connectivity index (χ2v) is 7.71. The standard InChI is InChI=1S/C21H27BrO4/c1-14-11-16(5-6-19(14)25-9-7-23)21(3,4)17-12-15(2)20(18(22)13-17)26-10-8-24/h5-6,11-13,23-24H,7-10H2,1-4H3. The van der Waals surface area contributed by atoms with E-state index in [1.165, 1.54) is 11.1 Å². The molecule has 0 unspecified atom stereocenters. The molecule has 26 heavy (non-hydrogen) atoms. The molecule has 0 radical (unpaired) electrons. The van der Waals surface area contributed by atoms with Crippen LogP contribution < -0.4 is 9.47 Å². The van der Waals surface area contributed by atoms with Crippen LogP contribution in [0.2, 0.25) is 0 Å². The van der Waals surface area contributed by atoms with Gasteiger partial charge < -0.3 is 19.7 Å². The lowest BCUT2D eigenvalue weighted by atomic mass is 9.77. The van der Waals surface area contributed by atoms with Gasteiger partial charge in [0.25, 0.3) is 0 Å². The fourth-order valence-electron chi connectivity index (χ4n) is 2.94. The van der Waals surface area contributed by atoms with E-state index >= 15 is 0 Å². The first-order valence-corrected chi connectivity index (χ1v) is 9.49. The zero-order valence-corrected chi connectivity index (χ0v) is 17.4. The monoisotopic (exact) mass is 422 g/mol. The van der Waals surface area contributed by atoms with E-state index in [-0.39, 0.29) is 25.2 Å². The van der Waals surface area contributed by atoms with Crippen molar-refractivity contribution in [1.29, 1.82) is 0 Å². The van der Waals surface area contributed by atoms with Crippen molar-refractivity contribution in [2.75, 3.05) is 26.4 Å². The largest absolute Gasteiger partial charge is 0.491 e. The average Bonchev–Trinajstić information content (AvgIpc) is 2.59. The van der Waals surface area contributed by atoms with Crippen LogP contribution in [0.4, 0.5) is 0 Å². The van der Waals surface area contributed by atoms with Crippen LogP contribution in [0.25, 0.3) is 0 Å². The molecule has 0 aliphatic rings. The molecule has 0 amide bonds. The van der Waals surface area contributed by atoms with Gasteiger partial charge in [0.1, 0.15) is 24.7 Å². The first-order valence-electron chi connectivity index (χ1n) is 8.70. The summed E-state index contributed by atoms with van der Waals surface area (Å²) in [5, 5.41) is 17.9. The molecule has 0 heterocycles. The average molecular weight is 423 g/mol. The van der Waals surface area contributed by atoms with Gasteiger partial charge in [-0.3, -0.25) is 0 Å². The Hall–Kier alpha value is -1.56. The smallest absolute Gasteiger partial charge is 0.136 e. The highest BCUT2D eigenvalue weighted by atomic mass is 79.9. The van der Waals surface area contributed by atoms with Crippen LogP contribution in [0.5, 0.6) is 11.5 Å². The van der Waals surface area contributed by atoms with Crippen LogP contribution in [0.15, 0.2) is 34.8 Å². The number of aryl methyl sites for hydroxylation is 2. The number of aliphatic hydroxyl groups excluding tert-OH is 2. The van der Waals surface area contributed by atoms with Gasteiger partial charge in [0.05, 0.1) is 17.7 Å². The highest BCUT2D eigenvalue weighted by molar-refractivity contribution is 9.10. The Kier molecular flexibility index (Phi) is 7.09. The molecular formula is C21H27BrO4. The lowest BCUT2D eigenvalue weighted by Gasteiger charge is -2.28. The molecule has 2 rings (SSSR count). The van der Waals surface area contributed by atoms with Gasteiger partial charge in [0, 0.05) is 5.41 Å². The van der Waals surface area contributed by atoms with Gasteiger partial charge >= 0.3 is 0 Å².